The largest absolute Gasteiger partial charge is 0.430 e. The van der Waals surface area contributed by atoms with E-state index < -0.39 is 35.0 Å². The minimum atomic E-state index is -6.14. The molecule has 0 aliphatic rings. The molecule has 0 aromatic heterocycles. The maximum atomic E-state index is 13.3. The van der Waals surface area contributed by atoms with E-state index in [4.69, 9.17) is 10.8 Å². The standard InChI is InChI=1S/C9H6F7NO/c10-6-4(2-1-3-5(6)17)7(18,8(11,12)13)9(14,15)16/h1-3,18H,17H2. The molecule has 0 saturated heterocycles. The highest BCUT2D eigenvalue weighted by molar-refractivity contribution is 5.45. The molecule has 1 rings (SSSR count). The summed E-state index contributed by atoms with van der Waals surface area (Å²) < 4.78 is 87.8. The molecule has 1 aromatic carbocycles. The Balaban J connectivity index is 3.61. The van der Waals surface area contributed by atoms with Gasteiger partial charge in [-0.2, -0.15) is 26.3 Å². The average Bonchev–Trinajstić information content (AvgIpc) is 2.17. The summed E-state index contributed by atoms with van der Waals surface area (Å²) in [5.41, 5.74) is -3.34. The number of hydrogen-bond donors (Lipinski definition) is 2. The Kier molecular flexibility index (Phi) is 3.24. The number of halogens is 7. The Hall–Kier alpha value is -1.51. The predicted molar refractivity (Wildman–Crippen MR) is 46.8 cm³/mol. The number of aliphatic hydroxyl groups is 1. The van der Waals surface area contributed by atoms with E-state index in [1.165, 1.54) is 0 Å². The molecular weight excluding hydrogens is 271 g/mol. The molecule has 0 aliphatic carbocycles. The van der Waals surface area contributed by atoms with Gasteiger partial charge in [-0.3, -0.25) is 0 Å². The summed E-state index contributed by atoms with van der Waals surface area (Å²) in [4.78, 5) is 0. The molecular formula is C9H6F7NO. The van der Waals surface area contributed by atoms with Crippen molar-refractivity contribution >= 4 is 5.69 Å². The first-order chi connectivity index (χ1) is 7.93. The smallest absolute Gasteiger partial charge is 0.396 e. The van der Waals surface area contributed by atoms with Gasteiger partial charge < -0.3 is 10.8 Å². The third kappa shape index (κ3) is 1.98. The van der Waals surface area contributed by atoms with E-state index in [2.05, 4.69) is 0 Å². The molecule has 2 nitrogen and oxygen atoms in total. The molecule has 18 heavy (non-hydrogen) atoms. The van der Waals surface area contributed by atoms with Crippen LogP contribution in [0.3, 0.4) is 0 Å². The number of alkyl halides is 6. The van der Waals surface area contributed by atoms with Crippen LogP contribution in [-0.2, 0) is 5.60 Å². The molecule has 0 spiro atoms. The molecule has 0 unspecified atom stereocenters. The van der Waals surface area contributed by atoms with Crippen molar-refractivity contribution < 1.29 is 35.8 Å². The summed E-state index contributed by atoms with van der Waals surface area (Å²) in [7, 11) is 0. The Morgan fingerprint density at radius 2 is 1.39 bits per heavy atom. The zero-order chi connectivity index (χ0) is 14.4. The SMILES string of the molecule is Nc1cccc(C(O)(C(F)(F)F)C(F)(F)F)c1F. The number of rotatable bonds is 1. The van der Waals surface area contributed by atoms with Gasteiger partial charge in [0.2, 0.25) is 0 Å². The second-order valence-electron chi connectivity index (χ2n) is 3.41. The lowest BCUT2D eigenvalue weighted by molar-refractivity contribution is -0.377. The fourth-order valence-electron chi connectivity index (χ4n) is 1.30. The van der Waals surface area contributed by atoms with Crippen LogP contribution in [0, 0.1) is 5.82 Å². The minimum absolute atomic E-state index is 0.173. The van der Waals surface area contributed by atoms with Gasteiger partial charge in [-0.15, -0.1) is 0 Å². The van der Waals surface area contributed by atoms with Crippen molar-refractivity contribution in [1.82, 2.24) is 0 Å². The molecule has 102 valence electrons. The molecule has 0 fully saturated rings. The van der Waals surface area contributed by atoms with Gasteiger partial charge in [0, 0.05) is 5.56 Å². The normalized spacial score (nSPS) is 13.8. The molecule has 0 atom stereocenters. The molecule has 0 saturated carbocycles. The highest BCUT2D eigenvalue weighted by atomic mass is 19.4. The first-order valence-electron chi connectivity index (χ1n) is 4.33. The van der Waals surface area contributed by atoms with Crippen molar-refractivity contribution in [1.29, 1.82) is 0 Å². The third-order valence-corrected chi connectivity index (χ3v) is 2.24. The molecule has 0 radical (unpaired) electrons. The third-order valence-electron chi connectivity index (χ3n) is 2.24. The second-order valence-corrected chi connectivity index (χ2v) is 3.41. The van der Waals surface area contributed by atoms with Crippen LogP contribution >= 0.6 is 0 Å². The van der Waals surface area contributed by atoms with Crippen LogP contribution < -0.4 is 5.73 Å². The number of hydrogen-bond acceptors (Lipinski definition) is 2. The van der Waals surface area contributed by atoms with Crippen LogP contribution in [0.4, 0.5) is 36.4 Å². The van der Waals surface area contributed by atoms with E-state index in [1.807, 2.05) is 0 Å². The number of anilines is 1. The van der Waals surface area contributed by atoms with Crippen molar-refractivity contribution in [3.05, 3.63) is 29.6 Å². The number of benzene rings is 1. The molecule has 0 heterocycles. The first kappa shape index (κ1) is 14.6. The zero-order valence-electron chi connectivity index (χ0n) is 8.40. The molecule has 1 aromatic rings. The first-order valence-corrected chi connectivity index (χ1v) is 4.33. The summed E-state index contributed by atoms with van der Waals surface area (Å²) in [6, 6.07) is 1.62. The van der Waals surface area contributed by atoms with Crippen LogP contribution in [0.5, 0.6) is 0 Å². The van der Waals surface area contributed by atoms with E-state index in [1.54, 1.807) is 0 Å². The van der Waals surface area contributed by atoms with Crippen molar-refractivity contribution in [3.8, 4) is 0 Å². The van der Waals surface area contributed by atoms with Gasteiger partial charge in [-0.1, -0.05) is 12.1 Å². The summed E-state index contributed by atoms with van der Waals surface area (Å²) >= 11 is 0. The molecule has 0 aliphatic heterocycles. The Morgan fingerprint density at radius 3 is 1.78 bits per heavy atom. The molecule has 0 bridgehead atoms. The summed E-state index contributed by atoms with van der Waals surface area (Å²) in [6.45, 7) is 0. The number of nitrogens with two attached hydrogens (primary N) is 1. The van der Waals surface area contributed by atoms with Crippen molar-refractivity contribution in [2.75, 3.05) is 5.73 Å². The lowest BCUT2D eigenvalue weighted by Crippen LogP contribution is -2.54. The fraction of sp³-hybridized carbons (Fsp3) is 0.333. The van der Waals surface area contributed by atoms with E-state index in [0.29, 0.717) is 6.07 Å². The summed E-state index contributed by atoms with van der Waals surface area (Å²) in [5.74, 6) is -1.96. The number of nitrogen functional groups attached to an aromatic ring is 1. The lowest BCUT2D eigenvalue weighted by atomic mass is 9.91. The predicted octanol–water partition coefficient (Wildman–Crippen LogP) is 2.72. The van der Waals surface area contributed by atoms with E-state index in [0.717, 1.165) is 6.07 Å². The topological polar surface area (TPSA) is 46.2 Å². The second kappa shape index (κ2) is 4.01. The van der Waals surface area contributed by atoms with Gasteiger partial charge in [0.05, 0.1) is 5.69 Å². The van der Waals surface area contributed by atoms with Gasteiger partial charge in [-0.25, -0.2) is 4.39 Å². The van der Waals surface area contributed by atoms with Gasteiger partial charge in [0.15, 0.2) is 5.82 Å². The van der Waals surface area contributed by atoms with E-state index >= 15 is 0 Å². The van der Waals surface area contributed by atoms with Crippen LogP contribution in [0.1, 0.15) is 5.56 Å². The minimum Gasteiger partial charge on any atom is -0.396 e. The van der Waals surface area contributed by atoms with Crippen molar-refractivity contribution in [3.63, 3.8) is 0 Å². The fourth-order valence-corrected chi connectivity index (χ4v) is 1.30. The van der Waals surface area contributed by atoms with E-state index in [-0.39, 0.29) is 6.07 Å². The van der Waals surface area contributed by atoms with Crippen LogP contribution in [0.2, 0.25) is 0 Å². The monoisotopic (exact) mass is 277 g/mol. The zero-order valence-corrected chi connectivity index (χ0v) is 8.40. The van der Waals surface area contributed by atoms with Crippen LogP contribution in [0.25, 0.3) is 0 Å². The maximum Gasteiger partial charge on any atom is 0.430 e. The Morgan fingerprint density at radius 1 is 0.944 bits per heavy atom. The van der Waals surface area contributed by atoms with Crippen LogP contribution in [0.15, 0.2) is 18.2 Å². The Labute approximate surface area is 95.8 Å². The van der Waals surface area contributed by atoms with Crippen molar-refractivity contribution in [2.45, 2.75) is 18.0 Å². The lowest BCUT2D eigenvalue weighted by Gasteiger charge is -2.32. The molecule has 9 heteroatoms. The quantitative estimate of drug-likeness (QED) is 0.612. The van der Waals surface area contributed by atoms with Gasteiger partial charge in [0.1, 0.15) is 0 Å². The Bertz CT molecular complexity index is 437. The summed E-state index contributed by atoms with van der Waals surface area (Å²) in [6.07, 6.45) is -12.3. The van der Waals surface area contributed by atoms with Gasteiger partial charge in [0.25, 0.3) is 5.60 Å². The van der Waals surface area contributed by atoms with E-state index in [9.17, 15) is 30.7 Å². The van der Waals surface area contributed by atoms with Crippen LogP contribution in [-0.4, -0.2) is 17.5 Å². The summed E-state index contributed by atoms with van der Waals surface area (Å²) in [5, 5.41) is 8.92. The van der Waals surface area contributed by atoms with Crippen molar-refractivity contribution in [2.24, 2.45) is 0 Å². The molecule has 3 N–H and O–H groups in total. The highest BCUT2D eigenvalue weighted by Crippen LogP contribution is 2.50. The van der Waals surface area contributed by atoms with Gasteiger partial charge in [-0.05, 0) is 6.07 Å². The maximum absolute atomic E-state index is 13.3. The highest BCUT2D eigenvalue weighted by Gasteiger charge is 2.72. The molecule has 0 amide bonds. The van der Waals surface area contributed by atoms with Gasteiger partial charge >= 0.3 is 12.4 Å². The average molecular weight is 277 g/mol.